The number of nitrogens with one attached hydrogen (secondary N) is 2. The molecule has 0 unspecified atom stereocenters. The van der Waals surface area contributed by atoms with Gasteiger partial charge in [0.15, 0.2) is 0 Å². The first-order valence-electron chi connectivity index (χ1n) is 7.12. The summed E-state index contributed by atoms with van der Waals surface area (Å²) in [6, 6.07) is 17.6. The van der Waals surface area contributed by atoms with Crippen LogP contribution in [0, 0.1) is 0 Å². The number of urea groups is 1. The highest BCUT2D eigenvalue weighted by Crippen LogP contribution is 2.17. The average molecular weight is 330 g/mol. The maximum Gasteiger partial charge on any atom is 0.325 e. The van der Waals surface area contributed by atoms with Crippen LogP contribution in [0.1, 0.15) is 11.7 Å². The molecule has 2 rings (SSSR count). The van der Waals surface area contributed by atoms with Crippen LogP contribution in [0.3, 0.4) is 0 Å². The topological polar surface area (TPSA) is 78.4 Å². The van der Waals surface area contributed by atoms with Gasteiger partial charge in [-0.1, -0.05) is 48.5 Å². The Hall–Kier alpha value is -2.31. The molecule has 2 aromatic rings. The number of amides is 3. The highest BCUT2D eigenvalue weighted by molar-refractivity contribution is 7.99. The van der Waals surface area contributed by atoms with E-state index in [0.717, 1.165) is 5.56 Å². The normalized spacial score (nSPS) is 11.5. The van der Waals surface area contributed by atoms with Crippen molar-refractivity contribution in [1.82, 2.24) is 5.32 Å². The van der Waals surface area contributed by atoms with Gasteiger partial charge in [-0.05, 0) is 17.7 Å². The van der Waals surface area contributed by atoms with Crippen molar-refractivity contribution in [2.24, 2.45) is 0 Å². The van der Waals surface area contributed by atoms with Crippen LogP contribution < -0.4 is 10.6 Å². The summed E-state index contributed by atoms with van der Waals surface area (Å²) in [5, 5.41) is 14.8. The molecule has 1 atom stereocenters. The maximum absolute atomic E-state index is 11.7. The van der Waals surface area contributed by atoms with Gasteiger partial charge in [-0.15, -0.1) is 11.8 Å². The number of para-hydroxylation sites is 1. The lowest BCUT2D eigenvalue weighted by molar-refractivity contribution is -0.117. The third-order valence-corrected chi connectivity index (χ3v) is 4.00. The second-order valence-corrected chi connectivity index (χ2v) is 5.84. The number of thioether (sulfide) groups is 1. The highest BCUT2D eigenvalue weighted by Gasteiger charge is 2.11. The van der Waals surface area contributed by atoms with E-state index >= 15 is 0 Å². The standard InChI is InChI=1S/C17H18N2O3S/c20-15(13-7-3-1-4-8-13)11-23-12-16(21)19-17(22)18-14-9-5-2-6-10-14/h1-10,15,20H,11-12H2,(H2,18,19,21,22)/t15-/m0/s1. The molecule has 2 aromatic carbocycles. The van der Waals surface area contributed by atoms with Crippen molar-refractivity contribution < 1.29 is 14.7 Å². The van der Waals surface area contributed by atoms with Gasteiger partial charge in [0.2, 0.25) is 5.91 Å². The third kappa shape index (κ3) is 6.14. The summed E-state index contributed by atoms with van der Waals surface area (Å²) in [5.41, 5.74) is 1.42. The Morgan fingerprint density at radius 3 is 2.26 bits per heavy atom. The van der Waals surface area contributed by atoms with Crippen LogP contribution in [0.5, 0.6) is 0 Å². The van der Waals surface area contributed by atoms with Gasteiger partial charge in [0.25, 0.3) is 0 Å². The second kappa shape index (κ2) is 8.97. The summed E-state index contributed by atoms with van der Waals surface area (Å²) >= 11 is 1.27. The molecule has 0 saturated carbocycles. The molecule has 3 N–H and O–H groups in total. The lowest BCUT2D eigenvalue weighted by Crippen LogP contribution is -2.35. The molecule has 0 radical (unpaired) electrons. The lowest BCUT2D eigenvalue weighted by atomic mass is 10.1. The van der Waals surface area contributed by atoms with Crippen molar-refractivity contribution in [2.45, 2.75) is 6.10 Å². The number of imide groups is 1. The Kier molecular flexibility index (Phi) is 6.65. The number of aliphatic hydroxyl groups is 1. The average Bonchev–Trinajstić information content (AvgIpc) is 2.56. The minimum Gasteiger partial charge on any atom is -0.388 e. The molecule has 23 heavy (non-hydrogen) atoms. The van der Waals surface area contributed by atoms with Gasteiger partial charge in [0.1, 0.15) is 0 Å². The zero-order chi connectivity index (χ0) is 16.5. The predicted octanol–water partition coefficient (Wildman–Crippen LogP) is 2.80. The summed E-state index contributed by atoms with van der Waals surface area (Å²) in [6.45, 7) is 0. The predicted molar refractivity (Wildman–Crippen MR) is 92.3 cm³/mol. The van der Waals surface area contributed by atoms with Gasteiger partial charge in [-0.3, -0.25) is 10.1 Å². The Labute approximate surface area is 139 Å². The van der Waals surface area contributed by atoms with Gasteiger partial charge in [-0.25, -0.2) is 4.79 Å². The quantitative estimate of drug-likeness (QED) is 0.761. The van der Waals surface area contributed by atoms with Crippen LogP contribution in [-0.4, -0.2) is 28.6 Å². The maximum atomic E-state index is 11.7. The molecule has 0 bridgehead atoms. The first kappa shape index (κ1) is 17.1. The largest absolute Gasteiger partial charge is 0.388 e. The number of hydrogen-bond acceptors (Lipinski definition) is 4. The van der Waals surface area contributed by atoms with E-state index in [1.807, 2.05) is 36.4 Å². The second-order valence-electron chi connectivity index (χ2n) is 4.81. The van der Waals surface area contributed by atoms with Crippen LogP contribution in [0.2, 0.25) is 0 Å². The van der Waals surface area contributed by atoms with Gasteiger partial charge in [0.05, 0.1) is 11.9 Å². The fraction of sp³-hybridized carbons (Fsp3) is 0.176. The van der Waals surface area contributed by atoms with Crippen molar-refractivity contribution in [1.29, 1.82) is 0 Å². The molecule has 6 heteroatoms. The highest BCUT2D eigenvalue weighted by atomic mass is 32.2. The van der Waals surface area contributed by atoms with Gasteiger partial charge < -0.3 is 10.4 Å². The molecule has 0 aliphatic carbocycles. The Balaban J connectivity index is 1.68. The molecular weight excluding hydrogens is 312 g/mol. The van der Waals surface area contributed by atoms with Crippen LogP contribution in [0.4, 0.5) is 10.5 Å². The van der Waals surface area contributed by atoms with Crippen molar-refractivity contribution in [3.8, 4) is 0 Å². The summed E-state index contributed by atoms with van der Waals surface area (Å²) in [7, 11) is 0. The molecule has 0 fully saturated rings. The first-order valence-corrected chi connectivity index (χ1v) is 8.27. The van der Waals surface area contributed by atoms with E-state index in [0.29, 0.717) is 11.4 Å². The molecule has 5 nitrogen and oxygen atoms in total. The summed E-state index contributed by atoms with van der Waals surface area (Å²) in [6.07, 6.45) is -0.632. The van der Waals surface area contributed by atoms with E-state index in [4.69, 9.17) is 0 Å². The van der Waals surface area contributed by atoms with Crippen LogP contribution in [0.25, 0.3) is 0 Å². The van der Waals surface area contributed by atoms with Crippen molar-refractivity contribution in [3.05, 3.63) is 66.2 Å². The number of carbonyl (C=O) groups is 2. The molecule has 0 aromatic heterocycles. The van der Waals surface area contributed by atoms with Crippen LogP contribution in [-0.2, 0) is 4.79 Å². The van der Waals surface area contributed by atoms with Gasteiger partial charge >= 0.3 is 6.03 Å². The molecule has 3 amide bonds. The summed E-state index contributed by atoms with van der Waals surface area (Å²) in [4.78, 5) is 23.3. The lowest BCUT2D eigenvalue weighted by Gasteiger charge is -2.10. The smallest absolute Gasteiger partial charge is 0.325 e. The molecule has 0 spiro atoms. The third-order valence-electron chi connectivity index (χ3n) is 2.98. The first-order chi connectivity index (χ1) is 11.1. The minimum atomic E-state index is -0.632. The Morgan fingerprint density at radius 2 is 1.61 bits per heavy atom. The van der Waals surface area contributed by atoms with Crippen molar-refractivity contribution in [2.75, 3.05) is 16.8 Å². The van der Waals surface area contributed by atoms with Crippen molar-refractivity contribution >= 4 is 29.4 Å². The van der Waals surface area contributed by atoms with E-state index in [-0.39, 0.29) is 5.75 Å². The number of aliphatic hydroxyl groups excluding tert-OH is 1. The summed E-state index contributed by atoms with van der Waals surface area (Å²) in [5.74, 6) is 0.0906. The van der Waals surface area contributed by atoms with Gasteiger partial charge in [0, 0.05) is 11.4 Å². The molecule has 0 heterocycles. The van der Waals surface area contributed by atoms with Crippen LogP contribution in [0.15, 0.2) is 60.7 Å². The number of benzene rings is 2. The fourth-order valence-electron chi connectivity index (χ4n) is 1.88. The van der Waals surface area contributed by atoms with E-state index < -0.39 is 18.0 Å². The zero-order valence-electron chi connectivity index (χ0n) is 12.4. The molecule has 0 aliphatic rings. The van der Waals surface area contributed by atoms with Crippen LogP contribution >= 0.6 is 11.8 Å². The number of anilines is 1. The zero-order valence-corrected chi connectivity index (χ0v) is 13.3. The van der Waals surface area contributed by atoms with Gasteiger partial charge in [-0.2, -0.15) is 0 Å². The number of carbonyl (C=O) groups excluding carboxylic acids is 2. The molecule has 0 saturated heterocycles. The SMILES string of the molecule is O=C(CSC[C@H](O)c1ccccc1)NC(=O)Nc1ccccc1. The summed E-state index contributed by atoms with van der Waals surface area (Å²) < 4.78 is 0. The fourth-order valence-corrected chi connectivity index (χ4v) is 2.67. The van der Waals surface area contributed by atoms with Crippen molar-refractivity contribution in [3.63, 3.8) is 0 Å². The monoisotopic (exact) mass is 330 g/mol. The Morgan fingerprint density at radius 1 is 1.00 bits per heavy atom. The van der Waals surface area contributed by atoms with E-state index in [9.17, 15) is 14.7 Å². The molecule has 120 valence electrons. The number of hydrogen-bond donors (Lipinski definition) is 3. The minimum absolute atomic E-state index is 0.103. The molecule has 0 aliphatic heterocycles. The van der Waals surface area contributed by atoms with E-state index in [1.165, 1.54) is 11.8 Å². The number of rotatable bonds is 6. The van der Waals surface area contributed by atoms with E-state index in [2.05, 4.69) is 10.6 Å². The van der Waals surface area contributed by atoms with E-state index in [1.54, 1.807) is 24.3 Å². The Bertz CT molecular complexity index is 635. The molecular formula is C17H18N2O3S.